The van der Waals surface area contributed by atoms with Gasteiger partial charge in [0.2, 0.25) is 0 Å². The minimum atomic E-state index is -0.0714. The van der Waals surface area contributed by atoms with E-state index < -0.39 is 0 Å². The van der Waals surface area contributed by atoms with Crippen LogP contribution in [0, 0.1) is 0 Å². The van der Waals surface area contributed by atoms with E-state index in [1.807, 2.05) is 13.8 Å². The molecule has 0 atom stereocenters. The predicted molar refractivity (Wildman–Crippen MR) is 59.4 cm³/mol. The van der Waals surface area contributed by atoms with Gasteiger partial charge in [-0.25, -0.2) is 0 Å². The lowest BCUT2D eigenvalue weighted by Gasteiger charge is -2.13. The highest BCUT2D eigenvalue weighted by molar-refractivity contribution is 6.23. The molecule has 0 aliphatic heterocycles. The van der Waals surface area contributed by atoms with Gasteiger partial charge in [-0.05, 0) is 40.0 Å². The number of allylic oxidation sites excluding steroid dienone is 1. The van der Waals surface area contributed by atoms with Crippen LogP contribution in [0.4, 0.5) is 0 Å². The summed E-state index contributed by atoms with van der Waals surface area (Å²) >= 11 is 6.07. The van der Waals surface area contributed by atoms with Gasteiger partial charge >= 0.3 is 0 Å². The van der Waals surface area contributed by atoms with Crippen molar-refractivity contribution >= 4 is 11.6 Å². The molecule has 0 fully saturated rings. The van der Waals surface area contributed by atoms with Gasteiger partial charge in [-0.1, -0.05) is 11.6 Å². The molecule has 0 aromatic rings. The monoisotopic (exact) mass is 204 g/mol. The number of rotatable bonds is 6. The minimum Gasteiger partial charge on any atom is -0.384 e. The molecule has 2 heteroatoms. The number of ether oxygens (including phenoxy) is 1. The molecule has 0 unspecified atom stereocenters. The van der Waals surface area contributed by atoms with Gasteiger partial charge in [0.1, 0.15) is 0 Å². The van der Waals surface area contributed by atoms with Gasteiger partial charge in [0.05, 0.1) is 0 Å². The van der Waals surface area contributed by atoms with Crippen molar-refractivity contribution in [2.24, 2.45) is 0 Å². The number of hydrogen-bond donors (Lipinski definition) is 0. The molecule has 0 radical (unpaired) electrons. The van der Waals surface area contributed by atoms with Gasteiger partial charge in [0, 0.05) is 18.6 Å². The van der Waals surface area contributed by atoms with E-state index in [0.717, 1.165) is 25.9 Å². The SMILES string of the molecule is COCC/C(C)=C/CCC(C)(C)Cl. The summed E-state index contributed by atoms with van der Waals surface area (Å²) in [5, 5.41) is 0. The third kappa shape index (κ3) is 9.91. The normalized spacial score (nSPS) is 13.5. The van der Waals surface area contributed by atoms with Crippen molar-refractivity contribution < 1.29 is 4.74 Å². The van der Waals surface area contributed by atoms with E-state index in [-0.39, 0.29) is 4.87 Å². The quantitative estimate of drug-likeness (QED) is 0.473. The number of hydrogen-bond acceptors (Lipinski definition) is 1. The Hall–Kier alpha value is -0.0100. The van der Waals surface area contributed by atoms with Crippen molar-refractivity contribution in [3.63, 3.8) is 0 Å². The minimum absolute atomic E-state index is 0.0714. The van der Waals surface area contributed by atoms with Crippen LogP contribution in [0.25, 0.3) is 0 Å². The molecule has 78 valence electrons. The summed E-state index contributed by atoms with van der Waals surface area (Å²) in [4.78, 5) is -0.0714. The van der Waals surface area contributed by atoms with Gasteiger partial charge in [0.15, 0.2) is 0 Å². The van der Waals surface area contributed by atoms with E-state index in [9.17, 15) is 0 Å². The molecule has 13 heavy (non-hydrogen) atoms. The van der Waals surface area contributed by atoms with Gasteiger partial charge in [-0.15, -0.1) is 11.6 Å². The molecule has 0 rings (SSSR count). The molecule has 0 aliphatic carbocycles. The van der Waals surface area contributed by atoms with Gasteiger partial charge in [-0.2, -0.15) is 0 Å². The molecule has 0 heterocycles. The first-order chi connectivity index (χ1) is 5.95. The molecule has 0 spiro atoms. The second-order valence-electron chi connectivity index (χ2n) is 4.05. The summed E-state index contributed by atoms with van der Waals surface area (Å²) in [6, 6.07) is 0. The van der Waals surface area contributed by atoms with Crippen molar-refractivity contribution in [1.82, 2.24) is 0 Å². The molecule has 0 amide bonds. The maximum Gasteiger partial charge on any atom is 0.0499 e. The molecule has 0 aromatic heterocycles. The van der Waals surface area contributed by atoms with E-state index in [4.69, 9.17) is 16.3 Å². The topological polar surface area (TPSA) is 9.23 Å². The fourth-order valence-electron chi connectivity index (χ4n) is 1.03. The molecular weight excluding hydrogens is 184 g/mol. The maximum absolute atomic E-state index is 6.07. The highest BCUT2D eigenvalue weighted by Crippen LogP contribution is 2.20. The lowest BCUT2D eigenvalue weighted by atomic mass is 10.1. The van der Waals surface area contributed by atoms with Crippen LogP contribution in [0.1, 0.15) is 40.0 Å². The van der Waals surface area contributed by atoms with Gasteiger partial charge < -0.3 is 4.74 Å². The highest BCUT2D eigenvalue weighted by Gasteiger charge is 2.10. The number of methoxy groups -OCH3 is 1. The average molecular weight is 205 g/mol. The van der Waals surface area contributed by atoms with E-state index in [1.54, 1.807) is 7.11 Å². The molecule has 0 bridgehead atoms. The fraction of sp³-hybridized carbons (Fsp3) is 0.818. The highest BCUT2D eigenvalue weighted by atomic mass is 35.5. The Bertz CT molecular complexity index is 156. The van der Waals surface area contributed by atoms with E-state index in [2.05, 4.69) is 13.0 Å². The third-order valence-electron chi connectivity index (χ3n) is 1.93. The zero-order valence-corrected chi connectivity index (χ0v) is 9.95. The van der Waals surface area contributed by atoms with Crippen molar-refractivity contribution in [1.29, 1.82) is 0 Å². The molecule has 0 saturated carbocycles. The van der Waals surface area contributed by atoms with Crippen LogP contribution in [0.3, 0.4) is 0 Å². The van der Waals surface area contributed by atoms with Crippen molar-refractivity contribution in [3.05, 3.63) is 11.6 Å². The van der Waals surface area contributed by atoms with Crippen LogP contribution in [-0.4, -0.2) is 18.6 Å². The van der Waals surface area contributed by atoms with Crippen LogP contribution < -0.4 is 0 Å². The molecule has 0 saturated heterocycles. The van der Waals surface area contributed by atoms with E-state index in [0.29, 0.717) is 0 Å². The lowest BCUT2D eigenvalue weighted by Crippen LogP contribution is -2.08. The smallest absolute Gasteiger partial charge is 0.0499 e. The first-order valence-electron chi connectivity index (χ1n) is 4.79. The third-order valence-corrected chi connectivity index (χ3v) is 2.12. The Morgan fingerprint density at radius 3 is 2.54 bits per heavy atom. The second kappa shape index (κ2) is 6.44. The standard InChI is InChI=1S/C11H21ClO/c1-10(7-9-13-4)6-5-8-11(2,3)12/h6H,5,7-9H2,1-4H3/b10-6+. The summed E-state index contributed by atoms with van der Waals surface area (Å²) < 4.78 is 4.99. The van der Waals surface area contributed by atoms with Crippen molar-refractivity contribution in [3.8, 4) is 0 Å². The fourth-order valence-corrected chi connectivity index (χ4v) is 1.14. The first kappa shape index (κ1) is 13.0. The number of alkyl halides is 1. The van der Waals surface area contributed by atoms with Crippen molar-refractivity contribution in [2.45, 2.75) is 44.9 Å². The molecule has 0 N–H and O–H groups in total. The Balaban J connectivity index is 3.59. The summed E-state index contributed by atoms with van der Waals surface area (Å²) in [6.45, 7) is 7.05. The van der Waals surface area contributed by atoms with Crippen LogP contribution in [0.2, 0.25) is 0 Å². The summed E-state index contributed by atoms with van der Waals surface area (Å²) in [6.07, 6.45) is 5.37. The predicted octanol–water partition coefficient (Wildman–Crippen LogP) is 3.77. The van der Waals surface area contributed by atoms with Crippen LogP contribution in [-0.2, 0) is 4.74 Å². The van der Waals surface area contributed by atoms with E-state index >= 15 is 0 Å². The first-order valence-corrected chi connectivity index (χ1v) is 5.17. The van der Waals surface area contributed by atoms with Gasteiger partial charge in [-0.3, -0.25) is 0 Å². The summed E-state index contributed by atoms with van der Waals surface area (Å²) in [7, 11) is 1.73. The van der Waals surface area contributed by atoms with Crippen molar-refractivity contribution in [2.75, 3.05) is 13.7 Å². The van der Waals surface area contributed by atoms with Gasteiger partial charge in [0.25, 0.3) is 0 Å². The molecule has 0 aliphatic rings. The molecule has 0 aromatic carbocycles. The Labute approximate surface area is 87.1 Å². The Kier molecular flexibility index (Phi) is 6.44. The average Bonchev–Trinajstić information content (AvgIpc) is 1.98. The Morgan fingerprint density at radius 2 is 2.08 bits per heavy atom. The van der Waals surface area contributed by atoms with Crippen LogP contribution in [0.5, 0.6) is 0 Å². The number of halogens is 1. The lowest BCUT2D eigenvalue weighted by molar-refractivity contribution is 0.202. The zero-order valence-electron chi connectivity index (χ0n) is 9.19. The largest absolute Gasteiger partial charge is 0.384 e. The van der Waals surface area contributed by atoms with E-state index in [1.165, 1.54) is 5.57 Å². The maximum atomic E-state index is 6.07. The zero-order chi connectivity index (χ0) is 10.3. The van der Waals surface area contributed by atoms with Crippen LogP contribution in [0.15, 0.2) is 11.6 Å². The summed E-state index contributed by atoms with van der Waals surface area (Å²) in [5.74, 6) is 0. The van der Waals surface area contributed by atoms with Crippen LogP contribution >= 0.6 is 11.6 Å². The summed E-state index contributed by atoms with van der Waals surface area (Å²) in [5.41, 5.74) is 1.39. The Morgan fingerprint density at radius 1 is 1.46 bits per heavy atom. The molecular formula is C11H21ClO. The second-order valence-corrected chi connectivity index (χ2v) is 5.07. The molecule has 1 nitrogen and oxygen atoms in total.